The molecular weight excluding hydrogens is 286 g/mol. The van der Waals surface area contributed by atoms with E-state index in [4.69, 9.17) is 14.2 Å². The zero-order chi connectivity index (χ0) is 15.9. The van der Waals surface area contributed by atoms with E-state index in [1.807, 2.05) is 0 Å². The minimum Gasteiger partial charge on any atom is -0.504 e. The van der Waals surface area contributed by atoms with Gasteiger partial charge in [-0.25, -0.2) is 0 Å². The Balaban J connectivity index is 1.76. The molecule has 1 amide bonds. The van der Waals surface area contributed by atoms with Crippen molar-refractivity contribution < 1.29 is 24.1 Å². The Morgan fingerprint density at radius 1 is 1.55 bits per heavy atom. The zero-order valence-corrected chi connectivity index (χ0v) is 13.0. The molecule has 0 radical (unpaired) electrons. The number of phenolic OH excluding ortho intramolecular Hbond substituents is 1. The maximum absolute atomic E-state index is 12.0. The number of carbonyl (C=O) groups excluding carboxylic acids is 1. The lowest BCUT2D eigenvalue weighted by atomic mass is 10.2. The molecule has 0 aliphatic carbocycles. The molecule has 2 atom stereocenters. The highest BCUT2D eigenvalue weighted by Gasteiger charge is 2.19. The Bertz CT molecular complexity index is 499. The van der Waals surface area contributed by atoms with Gasteiger partial charge in [0, 0.05) is 13.2 Å². The first kappa shape index (κ1) is 16.6. The highest BCUT2D eigenvalue weighted by molar-refractivity contribution is 5.80. The molecule has 0 bridgehead atoms. The van der Waals surface area contributed by atoms with Crippen molar-refractivity contribution in [2.75, 3.05) is 20.3 Å². The molecule has 1 aliphatic rings. The van der Waals surface area contributed by atoms with Gasteiger partial charge in [0.1, 0.15) is 6.10 Å². The summed E-state index contributed by atoms with van der Waals surface area (Å²) in [7, 11) is 1.48. The second-order valence-corrected chi connectivity index (χ2v) is 5.33. The van der Waals surface area contributed by atoms with E-state index in [-0.39, 0.29) is 17.8 Å². The quantitative estimate of drug-likeness (QED) is 0.800. The van der Waals surface area contributed by atoms with Crippen molar-refractivity contribution in [1.29, 1.82) is 0 Å². The van der Waals surface area contributed by atoms with Gasteiger partial charge in [-0.1, -0.05) is 6.07 Å². The smallest absolute Gasteiger partial charge is 0.249 e. The molecule has 22 heavy (non-hydrogen) atoms. The van der Waals surface area contributed by atoms with Gasteiger partial charge in [-0.2, -0.15) is 0 Å². The molecule has 1 aromatic rings. The van der Waals surface area contributed by atoms with Crippen molar-refractivity contribution in [3.8, 4) is 11.5 Å². The topological polar surface area (TPSA) is 77.0 Å². The number of rotatable bonds is 7. The van der Waals surface area contributed by atoms with E-state index in [1.54, 1.807) is 19.1 Å². The minimum absolute atomic E-state index is 0.0749. The summed E-state index contributed by atoms with van der Waals surface area (Å²) < 4.78 is 16.0. The highest BCUT2D eigenvalue weighted by atomic mass is 16.5. The molecule has 6 nitrogen and oxygen atoms in total. The van der Waals surface area contributed by atoms with Crippen LogP contribution in [0.4, 0.5) is 0 Å². The van der Waals surface area contributed by atoms with E-state index in [0.717, 1.165) is 25.0 Å². The summed E-state index contributed by atoms with van der Waals surface area (Å²) in [5.41, 5.74) is 0.842. The normalized spacial score (nSPS) is 18.9. The lowest BCUT2D eigenvalue weighted by Gasteiger charge is -2.16. The maximum atomic E-state index is 12.0. The van der Waals surface area contributed by atoms with Crippen molar-refractivity contribution in [1.82, 2.24) is 5.32 Å². The highest BCUT2D eigenvalue weighted by Crippen LogP contribution is 2.26. The van der Waals surface area contributed by atoms with Gasteiger partial charge < -0.3 is 24.6 Å². The van der Waals surface area contributed by atoms with E-state index in [0.29, 0.717) is 18.9 Å². The molecule has 1 heterocycles. The van der Waals surface area contributed by atoms with Crippen molar-refractivity contribution in [2.24, 2.45) is 0 Å². The molecule has 1 aliphatic heterocycles. The number of aromatic hydroxyl groups is 1. The third-order valence-corrected chi connectivity index (χ3v) is 3.64. The predicted octanol–water partition coefficient (Wildman–Crippen LogP) is 1.60. The second kappa shape index (κ2) is 8.00. The third-order valence-electron chi connectivity index (χ3n) is 3.64. The fraction of sp³-hybridized carbons (Fsp3) is 0.562. The standard InChI is InChI=1S/C16H23NO5/c1-11(22-10-13-4-3-7-21-13)16(19)17-9-12-5-6-14(18)15(8-12)20-2/h5-6,8,11,13,18H,3-4,7,9-10H2,1-2H3,(H,17,19). The van der Waals surface area contributed by atoms with E-state index in [1.165, 1.54) is 13.2 Å². The Hall–Kier alpha value is -1.79. The number of amides is 1. The van der Waals surface area contributed by atoms with Gasteiger partial charge >= 0.3 is 0 Å². The Labute approximate surface area is 130 Å². The van der Waals surface area contributed by atoms with Crippen LogP contribution in [0, 0.1) is 0 Å². The van der Waals surface area contributed by atoms with Gasteiger partial charge in [0.15, 0.2) is 11.5 Å². The summed E-state index contributed by atoms with van der Waals surface area (Å²) in [5.74, 6) is 0.283. The van der Waals surface area contributed by atoms with Gasteiger partial charge in [-0.15, -0.1) is 0 Å². The average Bonchev–Trinajstić information content (AvgIpc) is 3.04. The average molecular weight is 309 g/mol. The van der Waals surface area contributed by atoms with E-state index in [9.17, 15) is 9.90 Å². The molecule has 1 saturated heterocycles. The summed E-state index contributed by atoms with van der Waals surface area (Å²) in [6.45, 7) is 3.30. The van der Waals surface area contributed by atoms with Gasteiger partial charge in [0.05, 0.1) is 19.8 Å². The Morgan fingerprint density at radius 3 is 3.05 bits per heavy atom. The maximum Gasteiger partial charge on any atom is 0.249 e. The van der Waals surface area contributed by atoms with Crippen LogP contribution in [-0.4, -0.2) is 43.5 Å². The number of hydrogen-bond donors (Lipinski definition) is 2. The number of hydrogen-bond acceptors (Lipinski definition) is 5. The van der Waals surface area contributed by atoms with Crippen molar-refractivity contribution in [3.63, 3.8) is 0 Å². The molecule has 2 rings (SSSR count). The minimum atomic E-state index is -0.525. The molecule has 1 fully saturated rings. The summed E-state index contributed by atoms with van der Waals surface area (Å²) in [4.78, 5) is 12.0. The van der Waals surface area contributed by atoms with Crippen LogP contribution in [0.3, 0.4) is 0 Å². The Morgan fingerprint density at radius 2 is 2.36 bits per heavy atom. The van der Waals surface area contributed by atoms with Crippen LogP contribution in [0.15, 0.2) is 18.2 Å². The molecule has 122 valence electrons. The van der Waals surface area contributed by atoms with Crippen molar-refractivity contribution in [3.05, 3.63) is 23.8 Å². The van der Waals surface area contributed by atoms with Crippen molar-refractivity contribution in [2.45, 2.75) is 38.5 Å². The second-order valence-electron chi connectivity index (χ2n) is 5.33. The summed E-state index contributed by atoms with van der Waals surface area (Å²) in [6, 6.07) is 4.96. The molecule has 0 aromatic heterocycles. The summed E-state index contributed by atoms with van der Waals surface area (Å²) >= 11 is 0. The molecular formula is C16H23NO5. The zero-order valence-electron chi connectivity index (χ0n) is 13.0. The number of benzene rings is 1. The van der Waals surface area contributed by atoms with Gasteiger partial charge in [-0.3, -0.25) is 4.79 Å². The number of carbonyl (C=O) groups is 1. The van der Waals surface area contributed by atoms with E-state index >= 15 is 0 Å². The number of methoxy groups -OCH3 is 1. The van der Waals surface area contributed by atoms with Crippen LogP contribution in [0.25, 0.3) is 0 Å². The van der Waals surface area contributed by atoms with E-state index in [2.05, 4.69) is 5.32 Å². The first-order valence-electron chi connectivity index (χ1n) is 7.47. The first-order chi connectivity index (χ1) is 10.6. The van der Waals surface area contributed by atoms with E-state index < -0.39 is 6.10 Å². The van der Waals surface area contributed by atoms with Gasteiger partial charge in [-0.05, 0) is 37.5 Å². The predicted molar refractivity (Wildman–Crippen MR) is 80.9 cm³/mol. The largest absolute Gasteiger partial charge is 0.504 e. The number of phenols is 1. The van der Waals surface area contributed by atoms with Gasteiger partial charge in [0.25, 0.3) is 0 Å². The Kier molecular flexibility index (Phi) is 6.03. The lowest BCUT2D eigenvalue weighted by Crippen LogP contribution is -2.35. The summed E-state index contributed by atoms with van der Waals surface area (Å²) in [6.07, 6.45) is 1.62. The molecule has 1 aromatic carbocycles. The third kappa shape index (κ3) is 4.61. The lowest BCUT2D eigenvalue weighted by molar-refractivity contribution is -0.133. The molecule has 2 N–H and O–H groups in total. The molecule has 6 heteroatoms. The van der Waals surface area contributed by atoms with Crippen LogP contribution in [-0.2, 0) is 20.8 Å². The first-order valence-corrected chi connectivity index (χ1v) is 7.47. The number of ether oxygens (including phenoxy) is 3. The van der Waals surface area contributed by atoms with Crippen LogP contribution >= 0.6 is 0 Å². The molecule has 0 spiro atoms. The number of nitrogens with one attached hydrogen (secondary N) is 1. The van der Waals surface area contributed by atoms with Crippen LogP contribution in [0.5, 0.6) is 11.5 Å². The van der Waals surface area contributed by atoms with Crippen LogP contribution in [0.1, 0.15) is 25.3 Å². The summed E-state index contributed by atoms with van der Waals surface area (Å²) in [5, 5.41) is 12.3. The SMILES string of the molecule is COc1cc(CNC(=O)C(C)OCC2CCCO2)ccc1O. The van der Waals surface area contributed by atoms with Gasteiger partial charge in [0.2, 0.25) is 5.91 Å². The fourth-order valence-electron chi connectivity index (χ4n) is 2.27. The molecule has 0 saturated carbocycles. The monoisotopic (exact) mass is 309 g/mol. The van der Waals surface area contributed by atoms with Crippen LogP contribution < -0.4 is 10.1 Å². The molecule has 2 unspecified atom stereocenters. The van der Waals surface area contributed by atoms with Crippen molar-refractivity contribution >= 4 is 5.91 Å². The van der Waals surface area contributed by atoms with Crippen LogP contribution in [0.2, 0.25) is 0 Å². The fourth-order valence-corrected chi connectivity index (χ4v) is 2.27.